The van der Waals surface area contributed by atoms with Crippen molar-refractivity contribution in [2.24, 2.45) is 5.41 Å². The summed E-state index contributed by atoms with van der Waals surface area (Å²) in [5.41, 5.74) is 5.33. The van der Waals surface area contributed by atoms with Crippen molar-refractivity contribution in [1.29, 1.82) is 0 Å². The second-order valence-corrected chi connectivity index (χ2v) is 4.00. The van der Waals surface area contributed by atoms with E-state index in [1.165, 1.54) is 0 Å². The van der Waals surface area contributed by atoms with Gasteiger partial charge in [-0.25, -0.2) is 4.98 Å². The van der Waals surface area contributed by atoms with Crippen LogP contribution in [0.1, 0.15) is 13.8 Å². The van der Waals surface area contributed by atoms with E-state index < -0.39 is 0 Å². The topological polar surface area (TPSA) is 68.4 Å². The summed E-state index contributed by atoms with van der Waals surface area (Å²) < 4.78 is 5.44. The molecule has 0 spiro atoms. The molecule has 78 valence electrons. The van der Waals surface area contributed by atoms with Crippen LogP contribution in [0.5, 0.6) is 5.75 Å². The molecular weight excluding hydrogens is 180 g/mol. The molecule has 1 heterocycles. The number of pyridine rings is 1. The molecule has 0 unspecified atom stereocenters. The molecule has 3 N–H and O–H groups in total. The lowest BCUT2D eigenvalue weighted by molar-refractivity contribution is 0.0978. The van der Waals surface area contributed by atoms with Gasteiger partial charge in [0.05, 0.1) is 13.2 Å². The van der Waals surface area contributed by atoms with Gasteiger partial charge in [-0.3, -0.25) is 0 Å². The van der Waals surface area contributed by atoms with Crippen LogP contribution >= 0.6 is 0 Å². The number of anilines is 1. The molecule has 4 nitrogen and oxygen atoms in total. The van der Waals surface area contributed by atoms with Crippen LogP contribution in [0.15, 0.2) is 18.3 Å². The highest BCUT2D eigenvalue weighted by atomic mass is 16.5. The summed E-state index contributed by atoms with van der Waals surface area (Å²) in [6.07, 6.45) is 1.61. The molecule has 0 atom stereocenters. The third kappa shape index (κ3) is 2.88. The quantitative estimate of drug-likeness (QED) is 0.755. The molecule has 0 bridgehead atoms. The number of hydrogen-bond donors (Lipinski definition) is 2. The molecule has 0 aliphatic heterocycles. The average Bonchev–Trinajstić information content (AvgIpc) is 2.17. The molecular formula is C10H16N2O2. The Labute approximate surface area is 83.7 Å². The number of hydrogen-bond acceptors (Lipinski definition) is 4. The first-order chi connectivity index (χ1) is 6.55. The molecule has 0 saturated heterocycles. The van der Waals surface area contributed by atoms with Crippen LogP contribution in [-0.4, -0.2) is 23.3 Å². The van der Waals surface area contributed by atoms with Crippen molar-refractivity contribution in [2.45, 2.75) is 13.8 Å². The Kier molecular flexibility index (Phi) is 3.30. The number of nitrogens with zero attached hydrogens (tertiary/aromatic N) is 1. The summed E-state index contributed by atoms with van der Waals surface area (Å²) in [5, 5.41) is 9.01. The predicted molar refractivity (Wildman–Crippen MR) is 55.0 cm³/mol. The summed E-state index contributed by atoms with van der Waals surface area (Å²) in [6, 6.07) is 3.52. The highest BCUT2D eigenvalue weighted by Crippen LogP contribution is 2.21. The van der Waals surface area contributed by atoms with Gasteiger partial charge in [-0.2, -0.15) is 0 Å². The first-order valence-corrected chi connectivity index (χ1v) is 4.49. The average molecular weight is 196 g/mol. The minimum absolute atomic E-state index is 0.0766. The van der Waals surface area contributed by atoms with Crippen LogP contribution in [0.4, 0.5) is 5.82 Å². The van der Waals surface area contributed by atoms with Crippen LogP contribution in [0.2, 0.25) is 0 Å². The molecule has 1 aromatic heterocycles. The van der Waals surface area contributed by atoms with Crippen molar-refractivity contribution in [3.63, 3.8) is 0 Å². The van der Waals surface area contributed by atoms with E-state index in [1.807, 2.05) is 13.8 Å². The lowest BCUT2D eigenvalue weighted by Crippen LogP contribution is -2.25. The van der Waals surface area contributed by atoms with E-state index in [4.69, 9.17) is 15.6 Å². The van der Waals surface area contributed by atoms with Crippen LogP contribution in [0.3, 0.4) is 0 Å². The summed E-state index contributed by atoms with van der Waals surface area (Å²) in [6.45, 7) is 4.33. The zero-order valence-electron chi connectivity index (χ0n) is 8.53. The van der Waals surface area contributed by atoms with Crippen molar-refractivity contribution < 1.29 is 9.84 Å². The Balaban J connectivity index is 2.58. The number of ether oxygens (including phenoxy) is 1. The van der Waals surface area contributed by atoms with Gasteiger partial charge in [0, 0.05) is 11.6 Å². The minimum atomic E-state index is -0.262. The van der Waals surface area contributed by atoms with E-state index in [9.17, 15) is 0 Å². The lowest BCUT2D eigenvalue weighted by Gasteiger charge is -2.21. The highest BCUT2D eigenvalue weighted by Gasteiger charge is 2.17. The molecule has 0 amide bonds. The van der Waals surface area contributed by atoms with Crippen LogP contribution in [0.25, 0.3) is 0 Å². The monoisotopic (exact) mass is 196 g/mol. The predicted octanol–water partition coefficient (Wildman–Crippen LogP) is 1.06. The number of nitrogen functional groups attached to an aromatic ring is 1. The van der Waals surface area contributed by atoms with Crippen molar-refractivity contribution >= 4 is 5.82 Å². The van der Waals surface area contributed by atoms with Crippen LogP contribution in [-0.2, 0) is 0 Å². The highest BCUT2D eigenvalue weighted by molar-refractivity contribution is 5.44. The van der Waals surface area contributed by atoms with Gasteiger partial charge in [0.25, 0.3) is 0 Å². The Morgan fingerprint density at radius 3 is 2.86 bits per heavy atom. The van der Waals surface area contributed by atoms with Gasteiger partial charge in [0.1, 0.15) is 0 Å². The Morgan fingerprint density at radius 1 is 1.57 bits per heavy atom. The fourth-order valence-electron chi connectivity index (χ4n) is 0.844. The van der Waals surface area contributed by atoms with E-state index in [-0.39, 0.29) is 12.0 Å². The second kappa shape index (κ2) is 4.28. The van der Waals surface area contributed by atoms with Crippen LogP contribution in [0, 0.1) is 5.41 Å². The molecule has 0 fully saturated rings. The fraction of sp³-hybridized carbons (Fsp3) is 0.500. The lowest BCUT2D eigenvalue weighted by atomic mass is 9.97. The minimum Gasteiger partial charge on any atom is -0.489 e. The Morgan fingerprint density at radius 2 is 2.29 bits per heavy atom. The summed E-state index contributed by atoms with van der Waals surface area (Å²) >= 11 is 0. The van der Waals surface area contributed by atoms with E-state index in [0.717, 1.165) is 0 Å². The number of rotatable bonds is 4. The third-order valence-electron chi connectivity index (χ3n) is 1.85. The molecule has 14 heavy (non-hydrogen) atoms. The van der Waals surface area contributed by atoms with Crippen LogP contribution < -0.4 is 10.5 Å². The fourth-order valence-corrected chi connectivity index (χ4v) is 0.844. The maximum absolute atomic E-state index is 9.01. The van der Waals surface area contributed by atoms with E-state index in [2.05, 4.69) is 4.98 Å². The molecule has 0 radical (unpaired) electrons. The smallest absolute Gasteiger partial charge is 0.166 e. The first kappa shape index (κ1) is 10.8. The SMILES string of the molecule is CC(C)(CO)COc1cccnc1N. The van der Waals surface area contributed by atoms with E-state index >= 15 is 0 Å². The third-order valence-corrected chi connectivity index (χ3v) is 1.85. The van der Waals surface area contributed by atoms with Gasteiger partial charge < -0.3 is 15.6 Å². The first-order valence-electron chi connectivity index (χ1n) is 4.49. The number of aliphatic hydroxyl groups is 1. The van der Waals surface area contributed by atoms with E-state index in [0.29, 0.717) is 18.2 Å². The number of nitrogens with two attached hydrogens (primary N) is 1. The Bertz CT molecular complexity index is 300. The van der Waals surface area contributed by atoms with Crippen molar-refractivity contribution in [3.8, 4) is 5.75 Å². The molecule has 0 aromatic carbocycles. The maximum atomic E-state index is 9.01. The van der Waals surface area contributed by atoms with Crippen molar-refractivity contribution in [1.82, 2.24) is 4.98 Å². The molecule has 0 aliphatic carbocycles. The summed E-state index contributed by atoms with van der Waals surface area (Å²) in [5.74, 6) is 0.940. The zero-order chi connectivity index (χ0) is 10.6. The zero-order valence-corrected chi connectivity index (χ0v) is 8.53. The normalized spacial score (nSPS) is 11.4. The van der Waals surface area contributed by atoms with Gasteiger partial charge in [-0.1, -0.05) is 13.8 Å². The Hall–Kier alpha value is -1.29. The van der Waals surface area contributed by atoms with Gasteiger partial charge in [0.15, 0.2) is 11.6 Å². The number of aromatic nitrogens is 1. The molecule has 1 aromatic rings. The molecule has 0 saturated carbocycles. The van der Waals surface area contributed by atoms with Gasteiger partial charge in [-0.15, -0.1) is 0 Å². The summed E-state index contributed by atoms with van der Waals surface area (Å²) in [7, 11) is 0. The van der Waals surface area contributed by atoms with Crippen molar-refractivity contribution in [3.05, 3.63) is 18.3 Å². The number of aliphatic hydroxyl groups excluding tert-OH is 1. The largest absolute Gasteiger partial charge is 0.489 e. The standard InChI is InChI=1S/C10H16N2O2/c1-10(2,6-13)7-14-8-4-3-5-12-9(8)11/h3-5,13H,6-7H2,1-2H3,(H2,11,12). The molecule has 4 heteroatoms. The molecule has 1 rings (SSSR count). The second-order valence-electron chi connectivity index (χ2n) is 4.00. The van der Waals surface area contributed by atoms with Gasteiger partial charge in [0.2, 0.25) is 0 Å². The van der Waals surface area contributed by atoms with E-state index in [1.54, 1.807) is 18.3 Å². The maximum Gasteiger partial charge on any atom is 0.166 e. The van der Waals surface area contributed by atoms with Crippen molar-refractivity contribution in [2.75, 3.05) is 18.9 Å². The van der Waals surface area contributed by atoms with Gasteiger partial charge >= 0.3 is 0 Å². The molecule has 0 aliphatic rings. The summed E-state index contributed by atoms with van der Waals surface area (Å²) in [4.78, 5) is 3.90. The van der Waals surface area contributed by atoms with Gasteiger partial charge in [-0.05, 0) is 12.1 Å².